The quantitative estimate of drug-likeness (QED) is 0.433. The van der Waals surface area contributed by atoms with E-state index in [0.29, 0.717) is 16.0 Å². The number of alkyl halides is 3. The maximum absolute atomic E-state index is 12.7. The van der Waals surface area contributed by atoms with E-state index in [1.807, 2.05) is 6.07 Å². The second-order valence-electron chi connectivity index (χ2n) is 4.96. The van der Waals surface area contributed by atoms with Gasteiger partial charge in [-0.25, -0.2) is 0 Å². The molecule has 6 heteroatoms. The summed E-state index contributed by atoms with van der Waals surface area (Å²) in [6.07, 6.45) is 1.59. The van der Waals surface area contributed by atoms with Gasteiger partial charge >= 0.3 is 0 Å². The smallest absolute Gasteiger partial charge is 0.216 e. The van der Waals surface area contributed by atoms with Crippen LogP contribution >= 0.6 is 34.8 Å². The maximum Gasteiger partial charge on any atom is 0.216 e. The summed E-state index contributed by atoms with van der Waals surface area (Å²) in [5.74, 6) is -0.253. The molecule has 0 bridgehead atoms. The van der Waals surface area contributed by atoms with E-state index in [9.17, 15) is 9.00 Å². The molecular formula is C16H14Cl3O2S+. The normalized spacial score (nSPS) is 14.4. The number of hydrogen-bond acceptors (Lipinski definition) is 2. The molecule has 0 saturated carbocycles. The van der Waals surface area contributed by atoms with E-state index < -0.39 is 13.7 Å². The van der Waals surface area contributed by atoms with Crippen LogP contribution in [-0.2, 0) is 17.9 Å². The SMILES string of the molecule is C[S+](=O)(CC(=O)c1ccc(C(Cl)(Cl)Cl)cc1)c1ccccc1. The Labute approximate surface area is 145 Å². The third-order valence-corrected chi connectivity index (χ3v) is 5.92. The number of hydrogen-bond donors (Lipinski definition) is 0. The van der Waals surface area contributed by atoms with Crippen molar-refractivity contribution in [3.63, 3.8) is 0 Å². The Kier molecular flexibility index (Phi) is 5.33. The highest BCUT2D eigenvalue weighted by molar-refractivity contribution is 8.03. The number of benzene rings is 2. The molecule has 0 aliphatic carbocycles. The average Bonchev–Trinajstić information content (AvgIpc) is 2.47. The summed E-state index contributed by atoms with van der Waals surface area (Å²) in [5.41, 5.74) is 0.929. The average molecular weight is 377 g/mol. The molecule has 0 aliphatic heterocycles. The molecule has 2 aromatic carbocycles. The van der Waals surface area contributed by atoms with Gasteiger partial charge in [-0.2, -0.15) is 0 Å². The number of rotatable bonds is 4. The summed E-state index contributed by atoms with van der Waals surface area (Å²) in [4.78, 5) is 13.0. The van der Waals surface area contributed by atoms with E-state index in [0.717, 1.165) is 0 Å². The van der Waals surface area contributed by atoms with Crippen molar-refractivity contribution >= 4 is 50.5 Å². The van der Waals surface area contributed by atoms with Crippen molar-refractivity contribution in [1.82, 2.24) is 0 Å². The topological polar surface area (TPSA) is 34.1 Å². The van der Waals surface area contributed by atoms with Crippen LogP contribution in [0.25, 0.3) is 0 Å². The zero-order valence-corrected chi connectivity index (χ0v) is 14.8. The van der Waals surface area contributed by atoms with Crippen molar-refractivity contribution in [2.24, 2.45) is 0 Å². The lowest BCUT2D eigenvalue weighted by atomic mass is 10.1. The van der Waals surface area contributed by atoms with Crippen molar-refractivity contribution in [3.8, 4) is 0 Å². The summed E-state index contributed by atoms with van der Waals surface area (Å²) >= 11 is 17.3. The van der Waals surface area contributed by atoms with Crippen LogP contribution in [0.1, 0.15) is 15.9 Å². The van der Waals surface area contributed by atoms with Crippen molar-refractivity contribution < 1.29 is 9.00 Å². The van der Waals surface area contributed by atoms with Crippen LogP contribution < -0.4 is 0 Å². The molecule has 0 aromatic heterocycles. The maximum atomic E-state index is 12.7. The summed E-state index contributed by atoms with van der Waals surface area (Å²) in [7, 11) is -2.42. The minimum Gasteiger partial charge on any atom is -0.289 e. The van der Waals surface area contributed by atoms with Gasteiger partial charge in [-0.05, 0) is 12.1 Å². The highest BCUT2D eigenvalue weighted by Crippen LogP contribution is 2.38. The van der Waals surface area contributed by atoms with Gasteiger partial charge in [-0.15, -0.1) is 0 Å². The Bertz CT molecular complexity index is 706. The Hall–Kier alpha value is -0.870. The van der Waals surface area contributed by atoms with E-state index >= 15 is 0 Å². The molecule has 0 heterocycles. The van der Waals surface area contributed by atoms with Crippen LogP contribution in [0.5, 0.6) is 0 Å². The van der Waals surface area contributed by atoms with Crippen LogP contribution in [0, 0.1) is 0 Å². The van der Waals surface area contributed by atoms with E-state index in [2.05, 4.69) is 0 Å². The number of Topliss-reactive ketones (excluding diaryl/α,β-unsaturated/α-hetero) is 1. The number of ketones is 1. The Morgan fingerprint density at radius 2 is 1.55 bits per heavy atom. The Morgan fingerprint density at radius 3 is 2.05 bits per heavy atom. The highest BCUT2D eigenvalue weighted by Gasteiger charge is 2.29. The van der Waals surface area contributed by atoms with Gasteiger partial charge < -0.3 is 0 Å². The van der Waals surface area contributed by atoms with E-state index in [-0.39, 0.29) is 11.5 Å². The predicted octanol–water partition coefficient (Wildman–Crippen LogP) is 4.88. The predicted molar refractivity (Wildman–Crippen MR) is 93.6 cm³/mol. The van der Waals surface area contributed by atoms with Gasteiger partial charge in [0, 0.05) is 11.1 Å². The largest absolute Gasteiger partial charge is 0.289 e. The molecule has 0 amide bonds. The molecular weight excluding hydrogens is 363 g/mol. The lowest BCUT2D eigenvalue weighted by molar-refractivity contribution is 0.102. The lowest BCUT2D eigenvalue weighted by Gasteiger charge is -2.11. The zero-order chi connectivity index (χ0) is 16.4. The fourth-order valence-electron chi connectivity index (χ4n) is 1.97. The first-order valence-electron chi connectivity index (χ1n) is 6.42. The van der Waals surface area contributed by atoms with Crippen molar-refractivity contribution in [2.75, 3.05) is 12.0 Å². The van der Waals surface area contributed by atoms with Crippen LogP contribution in [0.15, 0.2) is 59.5 Å². The molecule has 1 atom stereocenters. The van der Waals surface area contributed by atoms with Crippen molar-refractivity contribution in [1.29, 1.82) is 0 Å². The summed E-state index contributed by atoms with van der Waals surface area (Å²) < 4.78 is 11.2. The second kappa shape index (κ2) is 6.71. The zero-order valence-electron chi connectivity index (χ0n) is 11.8. The van der Waals surface area contributed by atoms with Gasteiger partial charge in [0.25, 0.3) is 0 Å². The molecule has 1 unspecified atom stereocenters. The monoisotopic (exact) mass is 375 g/mol. The van der Waals surface area contributed by atoms with Gasteiger partial charge in [0.2, 0.25) is 9.58 Å². The summed E-state index contributed by atoms with van der Waals surface area (Å²) in [6.45, 7) is 0. The minimum absolute atomic E-state index is 0.0515. The summed E-state index contributed by atoms with van der Waals surface area (Å²) in [5, 5.41) is 0. The molecule has 0 N–H and O–H groups in total. The van der Waals surface area contributed by atoms with Crippen LogP contribution in [0.3, 0.4) is 0 Å². The first-order chi connectivity index (χ1) is 10.2. The molecule has 0 radical (unpaired) electrons. The third kappa shape index (κ3) is 4.32. The molecule has 0 fully saturated rings. The summed E-state index contributed by atoms with van der Waals surface area (Å²) in [6, 6.07) is 15.3. The molecule has 0 aliphatic rings. The highest BCUT2D eigenvalue weighted by atomic mass is 35.6. The van der Waals surface area contributed by atoms with Gasteiger partial charge in [0.05, 0.1) is 0 Å². The molecule has 116 valence electrons. The fourth-order valence-corrected chi connectivity index (χ4v) is 3.91. The van der Waals surface area contributed by atoms with Crippen molar-refractivity contribution in [2.45, 2.75) is 8.69 Å². The molecule has 0 spiro atoms. The minimum atomic E-state index is -2.42. The Balaban J connectivity index is 2.17. The molecule has 2 rings (SSSR count). The van der Waals surface area contributed by atoms with E-state index in [1.165, 1.54) is 0 Å². The third-order valence-electron chi connectivity index (χ3n) is 3.18. The van der Waals surface area contributed by atoms with Crippen LogP contribution in [0.4, 0.5) is 0 Å². The second-order valence-corrected chi connectivity index (χ2v) is 10.0. The van der Waals surface area contributed by atoms with Crippen LogP contribution in [0.2, 0.25) is 0 Å². The lowest BCUT2D eigenvalue weighted by Crippen LogP contribution is -2.21. The molecule has 2 nitrogen and oxygen atoms in total. The molecule has 22 heavy (non-hydrogen) atoms. The molecule has 0 saturated heterocycles. The standard InChI is InChI=1S/C16H14Cl3O2S/c1-22(21,14-5-3-2-4-6-14)11-15(20)12-7-9-13(10-8-12)16(17,18)19/h2-10H,11H2,1H3/q+1. The van der Waals surface area contributed by atoms with E-state index in [1.54, 1.807) is 54.8 Å². The molecule has 2 aromatic rings. The number of halogens is 3. The van der Waals surface area contributed by atoms with Gasteiger partial charge in [0.15, 0.2) is 10.6 Å². The van der Waals surface area contributed by atoms with Gasteiger partial charge in [0.1, 0.15) is 16.2 Å². The Morgan fingerprint density at radius 1 is 1.00 bits per heavy atom. The van der Waals surface area contributed by atoms with Crippen LogP contribution in [-0.4, -0.2) is 17.8 Å². The van der Waals surface area contributed by atoms with Gasteiger partial charge in [-0.1, -0.05) is 81.5 Å². The fraction of sp³-hybridized carbons (Fsp3) is 0.188. The first kappa shape index (κ1) is 17.5. The number of carbonyl (C=O) groups is 1. The van der Waals surface area contributed by atoms with E-state index in [4.69, 9.17) is 34.8 Å². The number of carbonyl (C=O) groups excluding carboxylic acids is 1. The first-order valence-corrected chi connectivity index (χ1v) is 9.69. The van der Waals surface area contributed by atoms with Gasteiger partial charge in [-0.3, -0.25) is 4.79 Å². The van der Waals surface area contributed by atoms with Crippen molar-refractivity contribution in [3.05, 3.63) is 65.7 Å².